The van der Waals surface area contributed by atoms with E-state index in [1.165, 1.54) is 13.2 Å². The smallest absolute Gasteiger partial charge is 0.335 e. The maximum atomic E-state index is 10.9. The number of carboxylic acid groups (broad SMARTS) is 1. The molecule has 2 aromatic rings. The molecule has 0 unspecified atom stereocenters. The fourth-order valence-corrected chi connectivity index (χ4v) is 1.73. The highest BCUT2D eigenvalue weighted by atomic mass is 16.5. The molecule has 0 aliphatic carbocycles. The maximum absolute atomic E-state index is 10.9. The summed E-state index contributed by atoms with van der Waals surface area (Å²) in [5.74, 6) is -0.405. The number of benzene rings is 1. The molecule has 0 atom stereocenters. The number of carbonyl (C=O) groups is 1. The third-order valence-electron chi connectivity index (χ3n) is 2.64. The van der Waals surface area contributed by atoms with Crippen LogP contribution in [0, 0.1) is 6.92 Å². The fourth-order valence-electron chi connectivity index (χ4n) is 1.73. The Morgan fingerprint density at radius 1 is 1.44 bits per heavy atom. The number of carboxylic acids is 1. The van der Waals surface area contributed by atoms with Crippen molar-refractivity contribution in [2.45, 2.75) is 13.5 Å². The second kappa shape index (κ2) is 4.91. The highest BCUT2D eigenvalue weighted by Gasteiger charge is 2.09. The number of aryl methyl sites for hydroxylation is 1. The Morgan fingerprint density at radius 2 is 2.22 bits per heavy atom. The van der Waals surface area contributed by atoms with Crippen LogP contribution in [0.1, 0.15) is 21.6 Å². The Balaban J connectivity index is 2.30. The van der Waals surface area contributed by atoms with E-state index in [9.17, 15) is 4.79 Å². The third kappa shape index (κ3) is 2.51. The SMILES string of the molecule is COc1cc(C(=O)O)ccc1Cn1ccc(C)n1. The van der Waals surface area contributed by atoms with Crippen molar-refractivity contribution in [2.75, 3.05) is 7.11 Å². The molecule has 0 aliphatic heterocycles. The first-order valence-electron chi connectivity index (χ1n) is 5.50. The van der Waals surface area contributed by atoms with Crippen molar-refractivity contribution >= 4 is 5.97 Å². The number of rotatable bonds is 4. The average molecular weight is 246 g/mol. The minimum Gasteiger partial charge on any atom is -0.496 e. The largest absolute Gasteiger partial charge is 0.496 e. The zero-order valence-electron chi connectivity index (χ0n) is 10.3. The van der Waals surface area contributed by atoms with Crippen LogP contribution in [-0.4, -0.2) is 28.0 Å². The van der Waals surface area contributed by atoms with Crippen LogP contribution >= 0.6 is 0 Å². The standard InChI is InChI=1S/C13H14N2O3/c1-9-5-6-15(14-9)8-11-4-3-10(13(16)17)7-12(11)18-2/h3-7H,8H2,1-2H3,(H,16,17). The van der Waals surface area contributed by atoms with Crippen LogP contribution in [0.5, 0.6) is 5.75 Å². The van der Waals surface area contributed by atoms with Crippen LogP contribution < -0.4 is 4.74 Å². The van der Waals surface area contributed by atoms with Gasteiger partial charge >= 0.3 is 5.97 Å². The lowest BCUT2D eigenvalue weighted by molar-refractivity contribution is 0.0696. The fraction of sp³-hybridized carbons (Fsp3) is 0.231. The van der Waals surface area contributed by atoms with Crippen molar-refractivity contribution in [3.8, 4) is 5.75 Å². The molecule has 1 N–H and O–H groups in total. The van der Waals surface area contributed by atoms with Gasteiger partial charge in [-0.15, -0.1) is 0 Å². The number of ether oxygens (including phenoxy) is 1. The predicted octanol–water partition coefficient (Wildman–Crippen LogP) is 1.95. The van der Waals surface area contributed by atoms with Gasteiger partial charge in [-0.25, -0.2) is 4.79 Å². The van der Waals surface area contributed by atoms with Gasteiger partial charge in [-0.1, -0.05) is 6.07 Å². The quantitative estimate of drug-likeness (QED) is 0.895. The molecule has 5 nitrogen and oxygen atoms in total. The van der Waals surface area contributed by atoms with Gasteiger partial charge in [0.15, 0.2) is 0 Å². The van der Waals surface area contributed by atoms with Gasteiger partial charge in [-0.3, -0.25) is 4.68 Å². The second-order valence-corrected chi connectivity index (χ2v) is 3.99. The van der Waals surface area contributed by atoms with Crippen molar-refractivity contribution in [3.63, 3.8) is 0 Å². The monoisotopic (exact) mass is 246 g/mol. The predicted molar refractivity (Wildman–Crippen MR) is 66.0 cm³/mol. The van der Waals surface area contributed by atoms with E-state index >= 15 is 0 Å². The Hall–Kier alpha value is -2.30. The molecule has 5 heteroatoms. The summed E-state index contributed by atoms with van der Waals surface area (Å²) in [7, 11) is 1.53. The number of hydrogen-bond donors (Lipinski definition) is 1. The molecular weight excluding hydrogens is 232 g/mol. The maximum Gasteiger partial charge on any atom is 0.335 e. The first kappa shape index (κ1) is 12.2. The molecular formula is C13H14N2O3. The lowest BCUT2D eigenvalue weighted by Gasteiger charge is -2.09. The molecule has 0 saturated heterocycles. The van der Waals surface area contributed by atoms with E-state index in [0.717, 1.165) is 11.3 Å². The number of hydrogen-bond acceptors (Lipinski definition) is 3. The number of aromatic nitrogens is 2. The van der Waals surface area contributed by atoms with Crippen LogP contribution in [-0.2, 0) is 6.54 Å². The van der Waals surface area contributed by atoms with Crippen molar-refractivity contribution in [3.05, 3.63) is 47.3 Å². The second-order valence-electron chi connectivity index (χ2n) is 3.99. The van der Waals surface area contributed by atoms with Crippen molar-refractivity contribution in [2.24, 2.45) is 0 Å². The highest BCUT2D eigenvalue weighted by molar-refractivity contribution is 5.88. The minimum atomic E-state index is -0.963. The summed E-state index contributed by atoms with van der Waals surface area (Å²) in [6.45, 7) is 2.47. The van der Waals surface area contributed by atoms with Gasteiger partial charge in [0.2, 0.25) is 0 Å². The molecule has 0 fully saturated rings. The number of aromatic carboxylic acids is 1. The van der Waals surface area contributed by atoms with Crippen molar-refractivity contribution in [1.82, 2.24) is 9.78 Å². The van der Waals surface area contributed by atoms with Gasteiger partial charge in [0.05, 0.1) is 24.9 Å². The lowest BCUT2D eigenvalue weighted by Crippen LogP contribution is -2.04. The van der Waals surface area contributed by atoms with Crippen LogP contribution in [0.3, 0.4) is 0 Å². The summed E-state index contributed by atoms with van der Waals surface area (Å²) in [5.41, 5.74) is 2.05. The summed E-state index contributed by atoms with van der Waals surface area (Å²) in [4.78, 5) is 10.9. The van der Waals surface area contributed by atoms with E-state index in [0.29, 0.717) is 12.3 Å². The molecule has 0 aliphatic rings. The van der Waals surface area contributed by atoms with E-state index in [2.05, 4.69) is 5.10 Å². The minimum absolute atomic E-state index is 0.215. The molecule has 94 valence electrons. The summed E-state index contributed by atoms with van der Waals surface area (Å²) in [6.07, 6.45) is 1.87. The lowest BCUT2D eigenvalue weighted by atomic mass is 10.1. The van der Waals surface area contributed by atoms with E-state index in [4.69, 9.17) is 9.84 Å². The summed E-state index contributed by atoms with van der Waals surface area (Å²) in [5, 5.41) is 13.2. The molecule has 0 spiro atoms. The van der Waals surface area contributed by atoms with Gasteiger partial charge in [-0.05, 0) is 25.1 Å². The van der Waals surface area contributed by atoms with Crippen molar-refractivity contribution in [1.29, 1.82) is 0 Å². The Bertz CT molecular complexity index is 575. The normalized spacial score (nSPS) is 10.3. The van der Waals surface area contributed by atoms with Crippen LogP contribution in [0.15, 0.2) is 30.5 Å². The zero-order valence-corrected chi connectivity index (χ0v) is 10.3. The number of nitrogens with zero attached hydrogens (tertiary/aromatic N) is 2. The van der Waals surface area contributed by atoms with Crippen molar-refractivity contribution < 1.29 is 14.6 Å². The molecule has 1 heterocycles. The Morgan fingerprint density at radius 3 is 2.78 bits per heavy atom. The molecule has 0 amide bonds. The first-order valence-corrected chi connectivity index (χ1v) is 5.50. The summed E-state index contributed by atoms with van der Waals surface area (Å²) >= 11 is 0. The third-order valence-corrected chi connectivity index (χ3v) is 2.64. The van der Waals surface area contributed by atoms with E-state index in [1.54, 1.807) is 16.8 Å². The van der Waals surface area contributed by atoms with Gasteiger partial charge in [0, 0.05) is 11.8 Å². The van der Waals surface area contributed by atoms with Gasteiger partial charge < -0.3 is 9.84 Å². The van der Waals surface area contributed by atoms with Gasteiger partial charge in [-0.2, -0.15) is 5.10 Å². The van der Waals surface area contributed by atoms with E-state index in [-0.39, 0.29) is 5.56 Å². The van der Waals surface area contributed by atoms with Crippen LogP contribution in [0.2, 0.25) is 0 Å². The average Bonchev–Trinajstić information content (AvgIpc) is 2.75. The molecule has 18 heavy (non-hydrogen) atoms. The molecule has 1 aromatic heterocycles. The summed E-state index contributed by atoms with van der Waals surface area (Å²) in [6, 6.07) is 6.75. The van der Waals surface area contributed by atoms with Gasteiger partial charge in [0.1, 0.15) is 5.75 Å². The zero-order chi connectivity index (χ0) is 13.1. The Labute approximate surface area is 105 Å². The topological polar surface area (TPSA) is 64.3 Å². The van der Waals surface area contributed by atoms with E-state index in [1.807, 2.05) is 19.2 Å². The van der Waals surface area contributed by atoms with Crippen LogP contribution in [0.25, 0.3) is 0 Å². The summed E-state index contributed by atoms with van der Waals surface area (Å²) < 4.78 is 7.00. The Kier molecular flexibility index (Phi) is 3.32. The molecule has 0 bridgehead atoms. The highest BCUT2D eigenvalue weighted by Crippen LogP contribution is 2.21. The van der Waals surface area contributed by atoms with Gasteiger partial charge in [0.25, 0.3) is 0 Å². The first-order chi connectivity index (χ1) is 8.60. The molecule has 1 aromatic carbocycles. The molecule has 0 saturated carbocycles. The molecule has 2 rings (SSSR count). The molecule has 0 radical (unpaired) electrons. The van der Waals surface area contributed by atoms with Crippen LogP contribution in [0.4, 0.5) is 0 Å². The number of methoxy groups -OCH3 is 1. The van der Waals surface area contributed by atoms with E-state index < -0.39 is 5.97 Å².